The molecule has 0 saturated carbocycles. The molecule has 0 atom stereocenters. The number of rotatable bonds is 6. The number of esters is 1. The lowest BCUT2D eigenvalue weighted by atomic mass is 10.1. The van der Waals surface area contributed by atoms with Crippen LogP contribution in [0.25, 0.3) is 6.08 Å². The fourth-order valence-electron chi connectivity index (χ4n) is 3.13. The van der Waals surface area contributed by atoms with Gasteiger partial charge in [-0.3, -0.25) is 0 Å². The van der Waals surface area contributed by atoms with Crippen LogP contribution in [-0.4, -0.2) is 18.5 Å². The van der Waals surface area contributed by atoms with E-state index in [0.717, 1.165) is 34.0 Å². The van der Waals surface area contributed by atoms with Crippen molar-refractivity contribution in [3.8, 4) is 5.75 Å². The average molecular weight is 761 g/mol. The predicted molar refractivity (Wildman–Crippen MR) is 152 cm³/mol. The number of halogens is 3. The largest absolute Gasteiger partial charge is 0.491 e. The van der Waals surface area contributed by atoms with Gasteiger partial charge >= 0.3 is 5.97 Å². The van der Waals surface area contributed by atoms with Gasteiger partial charge in [0.2, 0.25) is 5.90 Å². The van der Waals surface area contributed by atoms with E-state index in [0.29, 0.717) is 18.2 Å². The summed E-state index contributed by atoms with van der Waals surface area (Å²) in [5, 5.41) is 0. The van der Waals surface area contributed by atoms with Crippen LogP contribution in [0.3, 0.4) is 0 Å². The average Bonchev–Trinajstić information content (AvgIpc) is 3.13. The minimum atomic E-state index is -0.441. The van der Waals surface area contributed by atoms with Crippen molar-refractivity contribution in [3.05, 3.63) is 99.3 Å². The van der Waals surface area contributed by atoms with Gasteiger partial charge in [-0.2, -0.15) is 0 Å². The third-order valence-corrected chi connectivity index (χ3v) is 7.61. The third-order valence-electron chi connectivity index (χ3n) is 4.84. The van der Waals surface area contributed by atoms with E-state index >= 15 is 0 Å². The van der Waals surface area contributed by atoms with Gasteiger partial charge in [-0.05, 0) is 122 Å². The lowest BCUT2D eigenvalue weighted by Crippen LogP contribution is -2.06. The van der Waals surface area contributed by atoms with Crippen molar-refractivity contribution in [1.82, 2.24) is 0 Å². The monoisotopic (exact) mass is 761 g/mol. The Kier molecular flexibility index (Phi) is 7.87. The molecule has 0 amide bonds. The second kappa shape index (κ2) is 10.6. The number of nitrogens with zero attached hydrogens (tertiary/aromatic N) is 1. The molecule has 0 N–H and O–H groups in total. The lowest BCUT2D eigenvalue weighted by molar-refractivity contribution is -0.129. The van der Waals surface area contributed by atoms with E-state index in [9.17, 15) is 4.79 Å². The maximum absolute atomic E-state index is 12.4. The summed E-state index contributed by atoms with van der Waals surface area (Å²) in [6.45, 7) is 2.64. The van der Waals surface area contributed by atoms with Crippen LogP contribution in [0, 0.1) is 17.6 Å². The van der Waals surface area contributed by atoms with Crippen molar-refractivity contribution in [2.24, 2.45) is 4.99 Å². The van der Waals surface area contributed by atoms with Crippen LogP contribution in [-0.2, 0) is 16.0 Å². The molecular weight excluding hydrogens is 743 g/mol. The van der Waals surface area contributed by atoms with E-state index in [-0.39, 0.29) is 0 Å². The first-order valence-electron chi connectivity index (χ1n) is 9.85. The summed E-state index contributed by atoms with van der Waals surface area (Å²) in [7, 11) is 0. The van der Waals surface area contributed by atoms with Crippen molar-refractivity contribution < 1.29 is 14.3 Å². The van der Waals surface area contributed by atoms with Gasteiger partial charge in [0.1, 0.15) is 5.75 Å². The smallest absolute Gasteiger partial charge is 0.363 e. The number of cyclic esters (lactones) is 1. The van der Waals surface area contributed by atoms with Crippen LogP contribution < -0.4 is 4.74 Å². The zero-order valence-corrected chi connectivity index (χ0v) is 23.5. The zero-order valence-electron chi connectivity index (χ0n) is 17.1. The maximum atomic E-state index is 12.4. The van der Waals surface area contributed by atoms with Crippen LogP contribution in [0.2, 0.25) is 0 Å². The molecule has 3 aromatic rings. The predicted octanol–water partition coefficient (Wildman–Crippen LogP) is 6.77. The zero-order chi connectivity index (χ0) is 22.7. The molecule has 0 aromatic heterocycles. The molecule has 7 heteroatoms. The van der Waals surface area contributed by atoms with Crippen LogP contribution in [0.1, 0.15) is 22.3 Å². The van der Waals surface area contributed by atoms with Crippen LogP contribution in [0.4, 0.5) is 0 Å². The SMILES string of the molecule is Cc1ccc(C2=NC(=Cc3cc(I)c(OCCc4ccccc4)c(I)c3)C(=O)O2)cc1I. The Hall–Kier alpha value is -1.47. The second-order valence-electron chi connectivity index (χ2n) is 7.20. The van der Waals surface area contributed by atoms with Gasteiger partial charge in [-0.1, -0.05) is 36.4 Å². The van der Waals surface area contributed by atoms with Crippen molar-refractivity contribution in [1.29, 1.82) is 0 Å². The molecule has 0 bridgehead atoms. The third kappa shape index (κ3) is 5.71. The van der Waals surface area contributed by atoms with Crippen LogP contribution >= 0.6 is 67.8 Å². The number of carbonyl (C=O) groups is 1. The fraction of sp³-hybridized carbons (Fsp3) is 0.120. The molecule has 3 aromatic carbocycles. The Labute approximate surface area is 227 Å². The molecule has 0 fully saturated rings. The van der Waals surface area contributed by atoms with Crippen molar-refractivity contribution in [2.45, 2.75) is 13.3 Å². The number of ether oxygens (including phenoxy) is 2. The molecule has 0 saturated heterocycles. The normalized spacial score (nSPS) is 14.4. The number of hydrogen-bond donors (Lipinski definition) is 0. The highest BCUT2D eigenvalue weighted by molar-refractivity contribution is 14.1. The molecule has 4 rings (SSSR count). The molecule has 162 valence electrons. The summed E-state index contributed by atoms with van der Waals surface area (Å²) in [5.74, 6) is 0.755. The Morgan fingerprint density at radius 3 is 2.38 bits per heavy atom. The summed E-state index contributed by atoms with van der Waals surface area (Å²) >= 11 is 6.80. The first-order chi connectivity index (χ1) is 15.4. The molecule has 1 aliphatic rings. The van der Waals surface area contributed by atoms with Crippen molar-refractivity contribution in [2.75, 3.05) is 6.61 Å². The van der Waals surface area contributed by atoms with Crippen molar-refractivity contribution >= 4 is 85.7 Å². The van der Waals surface area contributed by atoms with Crippen LogP contribution in [0.15, 0.2) is 71.4 Å². The van der Waals surface area contributed by atoms with Gasteiger partial charge < -0.3 is 9.47 Å². The topological polar surface area (TPSA) is 47.9 Å². The maximum Gasteiger partial charge on any atom is 0.363 e. The van der Waals surface area contributed by atoms with Gasteiger partial charge in [-0.25, -0.2) is 9.79 Å². The van der Waals surface area contributed by atoms with E-state index in [2.05, 4.69) is 84.9 Å². The van der Waals surface area contributed by atoms with Crippen molar-refractivity contribution in [3.63, 3.8) is 0 Å². The number of carbonyl (C=O) groups excluding carboxylic acids is 1. The standard InChI is InChI=1S/C25H18I3NO3/c1-15-7-8-18(14-19(15)26)24-29-22(25(30)32-24)13-17-11-20(27)23(21(28)12-17)31-10-9-16-5-3-2-4-6-16/h2-8,11-14H,9-10H2,1H3. The van der Waals surface area contributed by atoms with E-state index < -0.39 is 5.97 Å². The second-order valence-corrected chi connectivity index (χ2v) is 10.7. The fourth-order valence-corrected chi connectivity index (χ4v) is 5.78. The summed E-state index contributed by atoms with van der Waals surface area (Å²) in [6, 6.07) is 20.1. The van der Waals surface area contributed by atoms with Gasteiger partial charge in [0.15, 0.2) is 5.70 Å². The Balaban J connectivity index is 1.51. The quantitative estimate of drug-likeness (QED) is 0.158. The molecule has 1 aliphatic heterocycles. The first kappa shape index (κ1) is 23.7. The minimum Gasteiger partial charge on any atom is -0.491 e. The van der Waals surface area contributed by atoms with Gasteiger partial charge in [-0.15, -0.1) is 0 Å². The highest BCUT2D eigenvalue weighted by Crippen LogP contribution is 2.31. The van der Waals surface area contributed by atoms with Gasteiger partial charge in [0, 0.05) is 15.6 Å². The van der Waals surface area contributed by atoms with E-state index in [4.69, 9.17) is 9.47 Å². The molecule has 0 aliphatic carbocycles. The highest BCUT2D eigenvalue weighted by Gasteiger charge is 2.24. The summed E-state index contributed by atoms with van der Waals surface area (Å²) in [6.07, 6.45) is 2.60. The number of aliphatic imine (C=N–C) groups is 1. The summed E-state index contributed by atoms with van der Waals surface area (Å²) in [5.41, 5.74) is 4.38. The Bertz CT molecular complexity index is 1210. The number of aryl methyl sites for hydroxylation is 1. The van der Waals surface area contributed by atoms with Gasteiger partial charge in [0.05, 0.1) is 13.7 Å². The van der Waals surface area contributed by atoms with Gasteiger partial charge in [0.25, 0.3) is 0 Å². The Morgan fingerprint density at radius 2 is 1.69 bits per heavy atom. The summed E-state index contributed by atoms with van der Waals surface area (Å²) in [4.78, 5) is 16.8. The first-order valence-corrected chi connectivity index (χ1v) is 13.1. The molecule has 0 spiro atoms. The van der Waals surface area contributed by atoms with E-state index in [1.807, 2.05) is 55.5 Å². The van der Waals surface area contributed by atoms with E-state index in [1.54, 1.807) is 6.08 Å². The molecule has 0 radical (unpaired) electrons. The molecule has 1 heterocycles. The summed E-state index contributed by atoms with van der Waals surface area (Å²) < 4.78 is 14.5. The molecule has 0 unspecified atom stereocenters. The Morgan fingerprint density at radius 1 is 0.969 bits per heavy atom. The molecule has 32 heavy (non-hydrogen) atoms. The van der Waals surface area contributed by atoms with Crippen LogP contribution in [0.5, 0.6) is 5.75 Å². The van der Waals surface area contributed by atoms with E-state index in [1.165, 1.54) is 11.1 Å². The minimum absolute atomic E-state index is 0.292. The highest BCUT2D eigenvalue weighted by atomic mass is 127. The lowest BCUT2D eigenvalue weighted by Gasteiger charge is -2.11. The molecule has 4 nitrogen and oxygen atoms in total. The molecular formula is C25H18I3NO3. The number of benzene rings is 3. The number of hydrogen-bond acceptors (Lipinski definition) is 4.